The van der Waals surface area contributed by atoms with Crippen LogP contribution in [-0.4, -0.2) is 215 Å². The lowest BCUT2D eigenvalue weighted by Gasteiger charge is -2.43. The molecule has 8 N–H and O–H groups in total. The van der Waals surface area contributed by atoms with Crippen molar-refractivity contribution in [1.29, 1.82) is 0 Å². The summed E-state index contributed by atoms with van der Waals surface area (Å²) in [6.45, 7) is 11.3. The molecular weight excluding hydrogens is 865 g/mol. The number of nitrogens with one attached hydrogen (secondary N) is 8. The van der Waals surface area contributed by atoms with Crippen molar-refractivity contribution in [3.63, 3.8) is 0 Å². The molecule has 9 saturated heterocycles. The van der Waals surface area contributed by atoms with Crippen molar-refractivity contribution in [1.82, 2.24) is 81.7 Å². The largest absolute Gasteiger partial charge is 0.323 e. The van der Waals surface area contributed by atoms with Gasteiger partial charge in [-0.2, -0.15) is 0 Å². The summed E-state index contributed by atoms with van der Waals surface area (Å²) >= 11 is 0. The zero-order valence-electron chi connectivity index (χ0n) is 41.6. The van der Waals surface area contributed by atoms with E-state index in [0.29, 0.717) is 26.2 Å². The molecule has 0 aromatic carbocycles. The molecule has 0 spiro atoms. The number of fused-ring (bicyclic) bond motifs is 24. The monoisotopic (exact) mass is 945 g/mol. The molecule has 8 amide bonds. The van der Waals surface area contributed by atoms with Gasteiger partial charge in [0, 0.05) is 54.4 Å². The Morgan fingerprint density at radius 1 is 0.294 bits per heavy atom. The summed E-state index contributed by atoms with van der Waals surface area (Å²) in [5.41, 5.74) is 0. The van der Waals surface area contributed by atoms with Crippen LogP contribution in [-0.2, 0) is 0 Å². The van der Waals surface area contributed by atoms with Crippen molar-refractivity contribution >= 4 is 24.1 Å². The number of hydrogen-bond donors (Lipinski definition) is 8. The van der Waals surface area contributed by atoms with Crippen LogP contribution in [0, 0.1) is 47.3 Å². The number of amides is 8. The Labute approximate surface area is 402 Å². The van der Waals surface area contributed by atoms with E-state index in [4.69, 9.17) is 0 Å². The Hall–Kier alpha value is -3.24. The van der Waals surface area contributed by atoms with Crippen LogP contribution in [0.4, 0.5) is 19.2 Å². The average molecular weight is 945 g/mol. The summed E-state index contributed by atoms with van der Waals surface area (Å²) in [7, 11) is 8.03. The molecule has 4 aliphatic carbocycles. The predicted molar refractivity (Wildman–Crippen MR) is 253 cm³/mol. The minimum absolute atomic E-state index is 0.00000355. The maximum absolute atomic E-state index is 13.8. The fraction of sp³-hybridized carbons (Fsp3) is 0.917. The first-order valence-corrected chi connectivity index (χ1v) is 27.0. The van der Waals surface area contributed by atoms with Gasteiger partial charge in [0.25, 0.3) is 0 Å². The molecule has 4 saturated carbocycles. The number of carbonyl (C=O) groups excluding carboxylic acids is 4. The third kappa shape index (κ3) is 6.18. The Balaban J connectivity index is 0.887. The van der Waals surface area contributed by atoms with Crippen LogP contribution < -0.4 is 42.5 Å². The first-order chi connectivity index (χ1) is 32.8. The van der Waals surface area contributed by atoms with E-state index >= 15 is 0 Å². The van der Waals surface area contributed by atoms with E-state index in [1.165, 1.54) is 0 Å². The Morgan fingerprint density at radius 3 is 0.588 bits per heavy atom. The van der Waals surface area contributed by atoms with Crippen LogP contribution in [0.25, 0.3) is 0 Å². The van der Waals surface area contributed by atoms with Gasteiger partial charge in [0.05, 0.1) is 97.7 Å². The molecule has 24 atom stereocenters. The van der Waals surface area contributed by atoms with Gasteiger partial charge >= 0.3 is 24.1 Å². The van der Waals surface area contributed by atoms with E-state index in [1.807, 2.05) is 47.8 Å². The van der Waals surface area contributed by atoms with Crippen molar-refractivity contribution in [3.8, 4) is 0 Å². The third-order valence-corrected chi connectivity index (χ3v) is 21.5. The van der Waals surface area contributed by atoms with Gasteiger partial charge in [-0.25, -0.2) is 19.2 Å². The summed E-state index contributed by atoms with van der Waals surface area (Å²) in [5.74, 6) is 2.28. The molecule has 20 nitrogen and oxygen atoms in total. The quantitative estimate of drug-likeness (QED) is 0.189. The molecule has 0 radical (unpaired) electrons. The van der Waals surface area contributed by atoms with Crippen LogP contribution >= 0.6 is 0 Å². The van der Waals surface area contributed by atoms with Crippen LogP contribution in [0.1, 0.15) is 79.1 Å². The number of nitrogens with zero attached hydrogens (tertiary/aromatic N) is 8. The molecule has 20 heteroatoms. The van der Waals surface area contributed by atoms with Crippen molar-refractivity contribution in [3.05, 3.63) is 0 Å². The first kappa shape index (κ1) is 44.7. The van der Waals surface area contributed by atoms with Gasteiger partial charge < -0.3 is 39.2 Å². The van der Waals surface area contributed by atoms with Crippen LogP contribution in [0.2, 0.25) is 0 Å². The van der Waals surface area contributed by atoms with Gasteiger partial charge in [-0.3, -0.25) is 42.5 Å². The summed E-state index contributed by atoms with van der Waals surface area (Å²) in [5, 5.41) is 34.1. The molecule has 376 valence electrons. The van der Waals surface area contributed by atoms with Gasteiger partial charge in [0.1, 0.15) is 0 Å². The zero-order chi connectivity index (χ0) is 46.9. The highest BCUT2D eigenvalue weighted by molar-refractivity contribution is 5.79. The molecule has 0 aromatic heterocycles. The zero-order valence-corrected chi connectivity index (χ0v) is 41.6. The summed E-state index contributed by atoms with van der Waals surface area (Å²) < 4.78 is 0. The highest BCUT2D eigenvalue weighted by Gasteiger charge is 2.63. The van der Waals surface area contributed by atoms with E-state index in [0.717, 1.165) is 51.4 Å². The minimum atomic E-state index is -0.000593. The average Bonchev–Trinajstić information content (AvgIpc) is 4.20. The highest BCUT2D eigenvalue weighted by Crippen LogP contribution is 2.51. The van der Waals surface area contributed by atoms with E-state index in [-0.39, 0.29) is 169 Å². The van der Waals surface area contributed by atoms with Gasteiger partial charge in [0.2, 0.25) is 0 Å². The molecule has 8 bridgehead atoms. The molecular formula is C48H80N16O4. The number of rotatable bonds is 4. The summed E-state index contributed by atoms with van der Waals surface area (Å²) in [6.07, 6.45) is 7.43. The molecule has 9 heterocycles. The molecule has 13 rings (SSSR count). The maximum atomic E-state index is 13.8. The predicted octanol–water partition coefficient (Wildman–Crippen LogP) is -0.0172. The number of likely N-dealkylation sites (N-methyl/N-ethyl adjacent to an activating group) is 8. The van der Waals surface area contributed by atoms with Crippen LogP contribution in [0.3, 0.4) is 0 Å². The Morgan fingerprint density at radius 2 is 0.441 bits per heavy atom. The van der Waals surface area contributed by atoms with E-state index in [2.05, 4.69) is 89.8 Å². The lowest BCUT2D eigenvalue weighted by molar-refractivity contribution is 0.0837. The number of carbonyl (C=O) groups is 4. The van der Waals surface area contributed by atoms with Gasteiger partial charge in [-0.1, -0.05) is 0 Å². The second kappa shape index (κ2) is 16.1. The lowest BCUT2D eigenvalue weighted by atomic mass is 9.71. The van der Waals surface area contributed by atoms with E-state index in [1.54, 1.807) is 0 Å². The van der Waals surface area contributed by atoms with Crippen molar-refractivity contribution in [2.24, 2.45) is 47.3 Å². The van der Waals surface area contributed by atoms with Crippen LogP contribution in [0.15, 0.2) is 0 Å². The topological polar surface area (TPSA) is 190 Å². The van der Waals surface area contributed by atoms with Gasteiger partial charge in [0.15, 0.2) is 0 Å². The normalized spacial score (nSPS) is 51.3. The molecule has 24 unspecified atom stereocenters. The fourth-order valence-electron chi connectivity index (χ4n) is 18.3. The standard InChI is InChI=1S/C48H80N16O4/c1-9-61-33-17-25-21(13-29(33)57(5)45(61)65)37-49-38-22-14-30-35(63(11-3)46(66)58(30)6)19-27(22)43(51-38)56-44-28-20-36-32(60(8)48(68)64(36)12-4)16-24(28)40(55-44)54-42-26-18-34-31(59(7)47(67)62(34)10-2)15-23(26)39(53-42)52-41(25)50-37/h21-44,49-56H,9-20H2,1-8H3. The van der Waals surface area contributed by atoms with Crippen molar-refractivity contribution in [2.75, 3.05) is 54.4 Å². The lowest BCUT2D eigenvalue weighted by Crippen LogP contribution is -2.62. The minimum Gasteiger partial charge on any atom is -0.323 e. The molecule has 13 fully saturated rings. The highest BCUT2D eigenvalue weighted by atomic mass is 16.2. The molecule has 13 aliphatic rings. The SMILES string of the molecule is CCN1C(=O)N(C)C2CC3C4NC5NC(NC6NC(NC7NC(NC(N4)C3CC21)C1CC2C(CC71)N(CC)C(=O)N2C)C1CC2C(CC61)N(CC)C(=O)N2C)C1CC2C(CC51)N(C)C(=O)N2CC. The Kier molecular flexibility index (Phi) is 10.6. The second-order valence-electron chi connectivity index (χ2n) is 23.6. The molecule has 9 aliphatic heterocycles. The third-order valence-electron chi connectivity index (χ3n) is 21.5. The van der Waals surface area contributed by atoms with Crippen molar-refractivity contribution < 1.29 is 19.2 Å². The van der Waals surface area contributed by atoms with Gasteiger partial charge in [-0.05, 0) is 126 Å². The Bertz CT molecular complexity index is 2050. The van der Waals surface area contributed by atoms with Crippen molar-refractivity contribution in [2.45, 2.75) is 177 Å². The molecule has 0 aromatic rings. The number of urea groups is 4. The summed E-state index contributed by atoms with van der Waals surface area (Å²) in [6, 6.07) is 1.92. The second-order valence-corrected chi connectivity index (χ2v) is 23.6. The van der Waals surface area contributed by atoms with Gasteiger partial charge in [-0.15, -0.1) is 0 Å². The first-order valence-electron chi connectivity index (χ1n) is 27.0. The fourth-order valence-corrected chi connectivity index (χ4v) is 18.3. The maximum Gasteiger partial charge on any atom is 0.320 e. The van der Waals surface area contributed by atoms with Crippen LogP contribution in [0.5, 0.6) is 0 Å². The number of hydrogen-bond acceptors (Lipinski definition) is 12. The summed E-state index contributed by atoms with van der Waals surface area (Å²) in [4.78, 5) is 71.6. The smallest absolute Gasteiger partial charge is 0.320 e. The molecule has 68 heavy (non-hydrogen) atoms. The van der Waals surface area contributed by atoms with E-state index in [9.17, 15) is 19.2 Å². The van der Waals surface area contributed by atoms with E-state index < -0.39 is 0 Å².